The van der Waals surface area contributed by atoms with E-state index in [9.17, 15) is 35.9 Å². The highest BCUT2D eigenvalue weighted by Crippen LogP contribution is 2.24. The van der Waals surface area contributed by atoms with Gasteiger partial charge in [-0.3, -0.25) is 9.59 Å². The second-order valence-corrected chi connectivity index (χ2v) is 4.09. The fourth-order valence-electron chi connectivity index (χ4n) is 1.79. The Balaban J connectivity index is 2.72. The van der Waals surface area contributed by atoms with Crippen molar-refractivity contribution in [3.8, 4) is 0 Å². The van der Waals surface area contributed by atoms with Crippen molar-refractivity contribution in [2.45, 2.75) is 25.3 Å². The molecule has 1 aliphatic heterocycles. The number of hydrogen-bond acceptors (Lipinski definition) is 2. The normalized spacial score (nSPS) is 21.5. The van der Waals surface area contributed by atoms with Crippen LogP contribution in [0.4, 0.5) is 26.3 Å². The van der Waals surface area contributed by atoms with E-state index in [1.54, 1.807) is 0 Å². The lowest BCUT2D eigenvalue weighted by Crippen LogP contribution is -2.59. The predicted octanol–water partition coefficient (Wildman–Crippen LogP) is 1.17. The molecule has 1 aliphatic rings. The van der Waals surface area contributed by atoms with E-state index in [1.165, 1.54) is 0 Å². The molecule has 1 unspecified atom stereocenters. The molecule has 1 saturated heterocycles. The van der Waals surface area contributed by atoms with Crippen molar-refractivity contribution in [3.63, 3.8) is 0 Å². The van der Waals surface area contributed by atoms with Crippen LogP contribution in [0, 0.1) is 0 Å². The van der Waals surface area contributed by atoms with E-state index < -0.39 is 49.8 Å². The Hall–Kier alpha value is -1.48. The van der Waals surface area contributed by atoms with E-state index >= 15 is 0 Å². The van der Waals surface area contributed by atoms with E-state index in [0.717, 1.165) is 6.92 Å². The van der Waals surface area contributed by atoms with Crippen LogP contribution in [0.15, 0.2) is 0 Å². The Kier molecular flexibility index (Phi) is 4.01. The summed E-state index contributed by atoms with van der Waals surface area (Å²) in [5.74, 6) is -4.22. The fraction of sp³-hybridized carbons (Fsp3) is 0.778. The molecule has 0 aromatic carbocycles. The van der Waals surface area contributed by atoms with Crippen LogP contribution in [-0.4, -0.2) is 59.6 Å². The first kappa shape index (κ1) is 15.6. The monoisotopic (exact) mass is 292 g/mol. The van der Waals surface area contributed by atoms with Crippen molar-refractivity contribution in [2.75, 3.05) is 19.6 Å². The number of halogens is 6. The summed E-state index contributed by atoms with van der Waals surface area (Å²) in [5, 5.41) is 0. The van der Waals surface area contributed by atoms with Gasteiger partial charge in [0.25, 0.3) is 0 Å². The summed E-state index contributed by atoms with van der Waals surface area (Å²) >= 11 is 0. The minimum atomic E-state index is -5.08. The molecule has 110 valence electrons. The van der Waals surface area contributed by atoms with E-state index in [2.05, 4.69) is 0 Å². The molecule has 0 saturated carbocycles. The molecule has 0 spiro atoms. The summed E-state index contributed by atoms with van der Waals surface area (Å²) in [7, 11) is 0. The Bertz CT molecular complexity index is 378. The zero-order valence-electron chi connectivity index (χ0n) is 9.68. The molecule has 0 bridgehead atoms. The number of rotatable bonds is 0. The number of carbonyl (C=O) groups excluding carboxylic acids is 2. The van der Waals surface area contributed by atoms with Gasteiger partial charge >= 0.3 is 24.2 Å². The molecule has 1 heterocycles. The minimum absolute atomic E-state index is 0.394. The topological polar surface area (TPSA) is 40.6 Å². The molecular formula is C9H10F6N2O2. The smallest absolute Gasteiger partial charge is 0.331 e. The molecule has 1 atom stereocenters. The Morgan fingerprint density at radius 3 is 1.79 bits per heavy atom. The van der Waals surface area contributed by atoms with Crippen molar-refractivity contribution in [3.05, 3.63) is 0 Å². The standard InChI is InChI=1S/C9H10F6N2O2/c1-5-4-16(6(18)8(10,11)12)2-3-17(5)7(19)9(13,14)15/h5H,2-4H2,1H3. The van der Waals surface area contributed by atoms with Crippen molar-refractivity contribution in [1.82, 2.24) is 9.80 Å². The van der Waals surface area contributed by atoms with Crippen LogP contribution in [0.5, 0.6) is 0 Å². The fourth-order valence-corrected chi connectivity index (χ4v) is 1.79. The van der Waals surface area contributed by atoms with Gasteiger partial charge in [0.15, 0.2) is 0 Å². The van der Waals surface area contributed by atoms with E-state index in [0.29, 0.717) is 9.80 Å². The average Bonchev–Trinajstić information content (AvgIpc) is 2.24. The number of hydrogen-bond donors (Lipinski definition) is 0. The lowest BCUT2D eigenvalue weighted by atomic mass is 10.2. The Morgan fingerprint density at radius 1 is 0.947 bits per heavy atom. The van der Waals surface area contributed by atoms with Crippen LogP contribution in [0.25, 0.3) is 0 Å². The average molecular weight is 292 g/mol. The predicted molar refractivity (Wildman–Crippen MR) is 49.9 cm³/mol. The molecule has 10 heteroatoms. The number of amides is 2. The molecule has 0 aliphatic carbocycles. The van der Waals surface area contributed by atoms with Crippen LogP contribution in [0.3, 0.4) is 0 Å². The second kappa shape index (κ2) is 4.89. The summed E-state index contributed by atoms with van der Waals surface area (Å²) in [4.78, 5) is 22.7. The Morgan fingerprint density at radius 2 is 1.42 bits per heavy atom. The van der Waals surface area contributed by atoms with E-state index in [-0.39, 0.29) is 0 Å². The molecule has 0 aromatic rings. The van der Waals surface area contributed by atoms with Gasteiger partial charge in [-0.1, -0.05) is 0 Å². The van der Waals surface area contributed by atoms with Crippen LogP contribution < -0.4 is 0 Å². The molecule has 0 aromatic heterocycles. The highest BCUT2D eigenvalue weighted by atomic mass is 19.4. The maximum absolute atomic E-state index is 12.2. The van der Waals surface area contributed by atoms with Gasteiger partial charge in [0.05, 0.1) is 0 Å². The van der Waals surface area contributed by atoms with Gasteiger partial charge in [-0.15, -0.1) is 0 Å². The van der Waals surface area contributed by atoms with Gasteiger partial charge in [-0.2, -0.15) is 26.3 Å². The van der Waals surface area contributed by atoms with Crippen molar-refractivity contribution in [1.29, 1.82) is 0 Å². The van der Waals surface area contributed by atoms with Gasteiger partial charge in [0.1, 0.15) is 0 Å². The SMILES string of the molecule is CC1CN(C(=O)C(F)(F)F)CCN1C(=O)C(F)(F)F. The van der Waals surface area contributed by atoms with Crippen LogP contribution in [-0.2, 0) is 9.59 Å². The maximum atomic E-state index is 12.2. The van der Waals surface area contributed by atoms with Gasteiger partial charge in [0.2, 0.25) is 0 Å². The van der Waals surface area contributed by atoms with Crippen LogP contribution >= 0.6 is 0 Å². The molecule has 0 radical (unpaired) electrons. The second-order valence-electron chi connectivity index (χ2n) is 4.09. The molecule has 1 fully saturated rings. The lowest BCUT2D eigenvalue weighted by Gasteiger charge is -2.40. The van der Waals surface area contributed by atoms with Crippen LogP contribution in [0.1, 0.15) is 6.92 Å². The third-order valence-electron chi connectivity index (χ3n) is 2.66. The summed E-state index contributed by atoms with van der Waals surface area (Å²) in [5.41, 5.74) is 0. The maximum Gasteiger partial charge on any atom is 0.471 e. The van der Waals surface area contributed by atoms with Crippen LogP contribution in [0.2, 0.25) is 0 Å². The molecular weight excluding hydrogens is 282 g/mol. The summed E-state index contributed by atoms with van der Waals surface area (Å²) in [6.07, 6.45) is -10.2. The van der Waals surface area contributed by atoms with Gasteiger partial charge in [-0.25, -0.2) is 0 Å². The van der Waals surface area contributed by atoms with E-state index in [1.807, 2.05) is 0 Å². The molecule has 2 amide bonds. The molecule has 19 heavy (non-hydrogen) atoms. The zero-order valence-corrected chi connectivity index (χ0v) is 9.68. The third kappa shape index (κ3) is 3.51. The minimum Gasteiger partial charge on any atom is -0.331 e. The number of nitrogens with zero attached hydrogens (tertiary/aromatic N) is 2. The Labute approximate surface area is 103 Å². The third-order valence-corrected chi connectivity index (χ3v) is 2.66. The molecule has 1 rings (SSSR count). The van der Waals surface area contributed by atoms with Gasteiger partial charge < -0.3 is 9.80 Å². The molecule has 4 nitrogen and oxygen atoms in total. The summed E-state index contributed by atoms with van der Waals surface area (Å²) in [6.45, 7) is -0.592. The molecule has 0 N–H and O–H groups in total. The lowest BCUT2D eigenvalue weighted by molar-refractivity contribution is -0.196. The number of carbonyl (C=O) groups is 2. The van der Waals surface area contributed by atoms with Crippen molar-refractivity contribution < 1.29 is 35.9 Å². The summed E-state index contributed by atoms with van der Waals surface area (Å²) < 4.78 is 73.1. The summed E-state index contributed by atoms with van der Waals surface area (Å²) in [6, 6.07) is -1.13. The highest BCUT2D eigenvalue weighted by Gasteiger charge is 2.48. The van der Waals surface area contributed by atoms with E-state index in [4.69, 9.17) is 0 Å². The highest BCUT2D eigenvalue weighted by molar-refractivity contribution is 5.84. The largest absolute Gasteiger partial charge is 0.471 e. The first-order valence-corrected chi connectivity index (χ1v) is 5.18. The zero-order chi connectivity index (χ0) is 15.0. The first-order chi connectivity index (χ1) is 8.44. The van der Waals surface area contributed by atoms with Crippen molar-refractivity contribution in [2.24, 2.45) is 0 Å². The van der Waals surface area contributed by atoms with Gasteiger partial charge in [0, 0.05) is 25.7 Å². The number of alkyl halides is 6. The quantitative estimate of drug-likeness (QED) is 0.629. The first-order valence-electron chi connectivity index (χ1n) is 5.18. The van der Waals surface area contributed by atoms with Gasteiger partial charge in [-0.05, 0) is 6.92 Å². The number of piperazine rings is 1. The van der Waals surface area contributed by atoms with Crippen molar-refractivity contribution >= 4 is 11.8 Å².